The largest absolute Gasteiger partial charge is 0.398 e. The first kappa shape index (κ1) is 13.3. The highest BCUT2D eigenvalue weighted by atomic mass is 32.2. The number of hydrogen-bond donors (Lipinski definition) is 2. The predicted molar refractivity (Wildman–Crippen MR) is 78.0 cm³/mol. The van der Waals surface area contributed by atoms with Crippen LogP contribution in [0.4, 0.5) is 5.69 Å². The number of rotatable bonds is 3. The topological polar surface area (TPSA) is 55.1 Å². The minimum atomic E-state index is -0.0424. The van der Waals surface area contributed by atoms with E-state index in [9.17, 15) is 4.79 Å². The third-order valence-corrected chi connectivity index (χ3v) is 4.60. The number of nitrogens with one attached hydrogen (secondary N) is 1. The average Bonchev–Trinajstić information content (AvgIpc) is 2.76. The van der Waals surface area contributed by atoms with E-state index in [2.05, 4.69) is 11.6 Å². The molecule has 1 fully saturated rings. The summed E-state index contributed by atoms with van der Waals surface area (Å²) in [6, 6.07) is 5.87. The number of carbonyl (C=O) groups is 1. The van der Waals surface area contributed by atoms with Crippen molar-refractivity contribution in [2.24, 2.45) is 0 Å². The van der Waals surface area contributed by atoms with Gasteiger partial charge in [0.15, 0.2) is 0 Å². The Balaban J connectivity index is 2.00. The first-order chi connectivity index (χ1) is 8.60. The summed E-state index contributed by atoms with van der Waals surface area (Å²) in [6.45, 7) is 1.97. The Labute approximate surface area is 113 Å². The van der Waals surface area contributed by atoms with E-state index >= 15 is 0 Å². The maximum absolute atomic E-state index is 12.1. The van der Waals surface area contributed by atoms with Gasteiger partial charge in [0.2, 0.25) is 0 Å². The summed E-state index contributed by atoms with van der Waals surface area (Å²) in [5, 5.41) is 3.77. The molecule has 0 aliphatic heterocycles. The number of hydrogen-bond acceptors (Lipinski definition) is 3. The van der Waals surface area contributed by atoms with Crippen LogP contribution >= 0.6 is 11.8 Å². The third-order valence-electron chi connectivity index (χ3n) is 3.50. The Morgan fingerprint density at radius 2 is 2.22 bits per heavy atom. The molecule has 98 valence electrons. The fourth-order valence-corrected chi connectivity index (χ4v) is 3.23. The Morgan fingerprint density at radius 3 is 2.83 bits per heavy atom. The second-order valence-electron chi connectivity index (χ2n) is 4.93. The van der Waals surface area contributed by atoms with Crippen molar-refractivity contribution < 1.29 is 4.79 Å². The highest BCUT2D eigenvalue weighted by molar-refractivity contribution is 7.99. The third kappa shape index (κ3) is 2.99. The van der Waals surface area contributed by atoms with Crippen LogP contribution in [-0.4, -0.2) is 23.5 Å². The van der Waals surface area contributed by atoms with E-state index in [4.69, 9.17) is 5.73 Å². The molecule has 2 rings (SSSR count). The van der Waals surface area contributed by atoms with Gasteiger partial charge in [-0.25, -0.2) is 0 Å². The number of nitrogen functional groups attached to an aromatic ring is 1. The van der Waals surface area contributed by atoms with Crippen molar-refractivity contribution in [1.82, 2.24) is 5.32 Å². The SMILES string of the molecule is CSC1CCC(NC(=O)c2ccc(C)cc2N)C1. The van der Waals surface area contributed by atoms with Crippen LogP contribution in [0.5, 0.6) is 0 Å². The van der Waals surface area contributed by atoms with E-state index in [1.165, 1.54) is 6.42 Å². The molecule has 2 unspecified atom stereocenters. The van der Waals surface area contributed by atoms with Crippen molar-refractivity contribution in [3.63, 3.8) is 0 Å². The lowest BCUT2D eigenvalue weighted by Gasteiger charge is -2.14. The first-order valence-corrected chi connectivity index (χ1v) is 7.58. The van der Waals surface area contributed by atoms with Crippen molar-refractivity contribution in [2.45, 2.75) is 37.5 Å². The average molecular weight is 264 g/mol. The molecule has 0 bridgehead atoms. The number of anilines is 1. The second-order valence-corrected chi connectivity index (χ2v) is 6.07. The minimum Gasteiger partial charge on any atom is -0.398 e. The maximum atomic E-state index is 12.1. The van der Waals surface area contributed by atoms with Crippen LogP contribution in [0.1, 0.15) is 35.2 Å². The van der Waals surface area contributed by atoms with Crippen LogP contribution in [0.3, 0.4) is 0 Å². The van der Waals surface area contributed by atoms with E-state index in [0.29, 0.717) is 22.5 Å². The van der Waals surface area contributed by atoms with Crippen LogP contribution in [0.2, 0.25) is 0 Å². The maximum Gasteiger partial charge on any atom is 0.253 e. The molecule has 0 spiro atoms. The lowest BCUT2D eigenvalue weighted by atomic mass is 10.1. The number of nitrogens with two attached hydrogens (primary N) is 1. The molecule has 1 amide bonds. The zero-order valence-corrected chi connectivity index (χ0v) is 11.7. The summed E-state index contributed by atoms with van der Waals surface area (Å²) in [5.74, 6) is -0.0424. The van der Waals surface area contributed by atoms with Gasteiger partial charge < -0.3 is 11.1 Å². The molecule has 18 heavy (non-hydrogen) atoms. The molecule has 1 aliphatic carbocycles. The molecule has 2 atom stereocenters. The van der Waals surface area contributed by atoms with Crippen molar-refractivity contribution in [1.29, 1.82) is 0 Å². The number of amides is 1. The molecule has 1 saturated carbocycles. The predicted octanol–water partition coefficient (Wildman–Crippen LogP) is 2.59. The zero-order chi connectivity index (χ0) is 13.1. The van der Waals surface area contributed by atoms with Gasteiger partial charge in [-0.3, -0.25) is 4.79 Å². The highest BCUT2D eigenvalue weighted by Gasteiger charge is 2.25. The van der Waals surface area contributed by atoms with Crippen LogP contribution in [0, 0.1) is 6.92 Å². The van der Waals surface area contributed by atoms with Gasteiger partial charge in [0.25, 0.3) is 5.91 Å². The van der Waals surface area contributed by atoms with Gasteiger partial charge >= 0.3 is 0 Å². The van der Waals surface area contributed by atoms with E-state index in [1.807, 2.05) is 30.8 Å². The lowest BCUT2D eigenvalue weighted by Crippen LogP contribution is -2.33. The van der Waals surface area contributed by atoms with Gasteiger partial charge in [-0.05, 0) is 50.1 Å². The summed E-state index contributed by atoms with van der Waals surface area (Å²) in [7, 11) is 0. The molecule has 1 aliphatic rings. The van der Waals surface area contributed by atoms with Gasteiger partial charge in [0, 0.05) is 17.0 Å². The number of thioether (sulfide) groups is 1. The molecule has 1 aromatic rings. The van der Waals surface area contributed by atoms with Gasteiger partial charge in [-0.1, -0.05) is 6.07 Å². The molecule has 1 aromatic carbocycles. The Bertz CT molecular complexity index is 447. The van der Waals surface area contributed by atoms with E-state index < -0.39 is 0 Å². The lowest BCUT2D eigenvalue weighted by molar-refractivity contribution is 0.0939. The Hall–Kier alpha value is -1.16. The molecule has 0 saturated heterocycles. The minimum absolute atomic E-state index is 0.0424. The van der Waals surface area contributed by atoms with Gasteiger partial charge in [0.05, 0.1) is 5.56 Å². The number of aryl methyl sites for hydroxylation is 1. The van der Waals surface area contributed by atoms with Crippen LogP contribution < -0.4 is 11.1 Å². The smallest absolute Gasteiger partial charge is 0.253 e. The summed E-state index contributed by atoms with van der Waals surface area (Å²) in [5.41, 5.74) is 8.11. The summed E-state index contributed by atoms with van der Waals surface area (Å²) in [6.07, 6.45) is 5.46. The number of carbonyl (C=O) groups excluding carboxylic acids is 1. The standard InChI is InChI=1S/C14H20N2OS/c1-9-3-6-12(13(15)7-9)14(17)16-10-4-5-11(8-10)18-2/h3,6-7,10-11H,4-5,8,15H2,1-2H3,(H,16,17). The fourth-order valence-electron chi connectivity index (χ4n) is 2.44. The van der Waals surface area contributed by atoms with Crippen LogP contribution in [-0.2, 0) is 0 Å². The van der Waals surface area contributed by atoms with E-state index in [0.717, 1.165) is 18.4 Å². The van der Waals surface area contributed by atoms with Gasteiger partial charge in [-0.15, -0.1) is 0 Å². The first-order valence-electron chi connectivity index (χ1n) is 6.30. The number of benzene rings is 1. The molecule has 3 nitrogen and oxygen atoms in total. The van der Waals surface area contributed by atoms with Crippen molar-refractivity contribution >= 4 is 23.4 Å². The molecular formula is C14H20N2OS. The van der Waals surface area contributed by atoms with Crippen molar-refractivity contribution in [2.75, 3.05) is 12.0 Å². The fraction of sp³-hybridized carbons (Fsp3) is 0.500. The van der Waals surface area contributed by atoms with Crippen molar-refractivity contribution in [3.8, 4) is 0 Å². The van der Waals surface area contributed by atoms with Crippen LogP contribution in [0.25, 0.3) is 0 Å². The summed E-state index contributed by atoms with van der Waals surface area (Å²) in [4.78, 5) is 12.1. The van der Waals surface area contributed by atoms with Gasteiger partial charge in [-0.2, -0.15) is 11.8 Å². The van der Waals surface area contributed by atoms with Gasteiger partial charge in [0.1, 0.15) is 0 Å². The Kier molecular flexibility index (Phi) is 4.17. The summed E-state index contributed by atoms with van der Waals surface area (Å²) < 4.78 is 0. The van der Waals surface area contributed by atoms with E-state index in [-0.39, 0.29) is 5.91 Å². The summed E-state index contributed by atoms with van der Waals surface area (Å²) >= 11 is 1.89. The monoisotopic (exact) mass is 264 g/mol. The quantitative estimate of drug-likeness (QED) is 0.825. The normalized spacial score (nSPS) is 23.0. The second kappa shape index (κ2) is 5.65. The highest BCUT2D eigenvalue weighted by Crippen LogP contribution is 2.28. The van der Waals surface area contributed by atoms with Crippen LogP contribution in [0.15, 0.2) is 18.2 Å². The zero-order valence-electron chi connectivity index (χ0n) is 10.9. The van der Waals surface area contributed by atoms with E-state index in [1.54, 1.807) is 6.07 Å². The molecular weight excluding hydrogens is 244 g/mol. The molecule has 4 heteroatoms. The molecule has 0 radical (unpaired) electrons. The van der Waals surface area contributed by atoms with Crippen molar-refractivity contribution in [3.05, 3.63) is 29.3 Å². The Morgan fingerprint density at radius 1 is 1.44 bits per heavy atom. The molecule has 3 N–H and O–H groups in total. The molecule has 0 aromatic heterocycles. The molecule has 0 heterocycles.